The molecule has 1 aromatic rings. The van der Waals surface area contributed by atoms with Gasteiger partial charge in [0.15, 0.2) is 0 Å². The monoisotopic (exact) mass is 230 g/mol. The van der Waals surface area contributed by atoms with Crippen LogP contribution in [0.15, 0.2) is 6.20 Å². The van der Waals surface area contributed by atoms with Gasteiger partial charge < -0.3 is 5.73 Å². The van der Waals surface area contributed by atoms with Gasteiger partial charge in [0.1, 0.15) is 11.9 Å². The minimum absolute atomic E-state index is 0.145. The van der Waals surface area contributed by atoms with E-state index in [2.05, 4.69) is 36.7 Å². The summed E-state index contributed by atoms with van der Waals surface area (Å²) in [6, 6.07) is 2.17. The Kier molecular flexibility index (Phi) is 2.80. The summed E-state index contributed by atoms with van der Waals surface area (Å²) in [6.45, 7) is 8.42. The fourth-order valence-corrected chi connectivity index (χ4v) is 2.26. The van der Waals surface area contributed by atoms with Gasteiger partial charge in [-0.15, -0.1) is 0 Å². The zero-order valence-electron chi connectivity index (χ0n) is 10.6. The molecule has 1 aliphatic heterocycles. The lowest BCUT2D eigenvalue weighted by atomic mass is 9.93. The molecule has 0 radical (unpaired) electrons. The Hall–Kier alpha value is -1.60. The molecule has 2 heterocycles. The fraction of sp³-hybridized carbons (Fsp3) is 0.538. The number of fused-ring (bicyclic) bond motifs is 1. The summed E-state index contributed by atoms with van der Waals surface area (Å²) >= 11 is 0. The van der Waals surface area contributed by atoms with Crippen molar-refractivity contribution in [2.24, 2.45) is 0 Å². The minimum atomic E-state index is 0.145. The molecule has 0 saturated heterocycles. The Morgan fingerprint density at radius 2 is 2.18 bits per heavy atom. The van der Waals surface area contributed by atoms with Crippen LogP contribution in [0.4, 0.5) is 5.82 Å². The number of aromatic nitrogens is 1. The number of hydrogen-bond acceptors (Lipinski definition) is 4. The Morgan fingerprint density at radius 3 is 2.76 bits per heavy atom. The number of nitriles is 1. The third-order valence-corrected chi connectivity index (χ3v) is 3.36. The molecule has 0 atom stereocenters. The van der Waals surface area contributed by atoms with Crippen LogP contribution >= 0.6 is 0 Å². The van der Waals surface area contributed by atoms with Crippen LogP contribution in [0.3, 0.4) is 0 Å². The van der Waals surface area contributed by atoms with Gasteiger partial charge in [-0.2, -0.15) is 5.26 Å². The van der Waals surface area contributed by atoms with Gasteiger partial charge in [-0.3, -0.25) is 4.90 Å². The molecule has 0 aliphatic carbocycles. The fourth-order valence-electron chi connectivity index (χ4n) is 2.26. The summed E-state index contributed by atoms with van der Waals surface area (Å²) in [6.07, 6.45) is 2.69. The van der Waals surface area contributed by atoms with Crippen LogP contribution in [-0.4, -0.2) is 22.0 Å². The van der Waals surface area contributed by atoms with Crippen molar-refractivity contribution in [3.8, 4) is 6.07 Å². The predicted octanol–water partition coefficient (Wildman–Crippen LogP) is 1.69. The number of nitrogens with zero attached hydrogens (tertiary/aromatic N) is 3. The van der Waals surface area contributed by atoms with Gasteiger partial charge in [0, 0.05) is 24.8 Å². The van der Waals surface area contributed by atoms with E-state index in [0.717, 1.165) is 30.6 Å². The summed E-state index contributed by atoms with van der Waals surface area (Å²) in [5, 5.41) is 9.12. The molecule has 1 aliphatic rings. The first-order valence-corrected chi connectivity index (χ1v) is 5.85. The average molecular weight is 230 g/mol. The highest BCUT2D eigenvalue weighted by atomic mass is 15.2. The lowest BCUT2D eigenvalue weighted by molar-refractivity contribution is 0.120. The topological polar surface area (TPSA) is 65.9 Å². The summed E-state index contributed by atoms with van der Waals surface area (Å²) in [4.78, 5) is 6.51. The predicted molar refractivity (Wildman–Crippen MR) is 67.2 cm³/mol. The molecule has 0 spiro atoms. The van der Waals surface area contributed by atoms with Crippen molar-refractivity contribution in [2.45, 2.75) is 39.3 Å². The molecule has 17 heavy (non-hydrogen) atoms. The highest BCUT2D eigenvalue weighted by Crippen LogP contribution is 2.28. The summed E-state index contributed by atoms with van der Waals surface area (Å²) in [5.74, 6) is 0.357. The molecule has 0 saturated carbocycles. The Morgan fingerprint density at radius 1 is 1.47 bits per heavy atom. The molecule has 4 heteroatoms. The van der Waals surface area contributed by atoms with E-state index in [-0.39, 0.29) is 5.54 Å². The van der Waals surface area contributed by atoms with Crippen molar-refractivity contribution < 1.29 is 0 Å². The number of anilines is 1. The second kappa shape index (κ2) is 4.01. The maximum absolute atomic E-state index is 9.12. The minimum Gasteiger partial charge on any atom is -0.383 e. The van der Waals surface area contributed by atoms with Gasteiger partial charge in [0.2, 0.25) is 0 Å². The van der Waals surface area contributed by atoms with Crippen molar-refractivity contribution in [1.82, 2.24) is 9.88 Å². The Bertz CT molecular complexity index is 479. The van der Waals surface area contributed by atoms with Gasteiger partial charge in [-0.05, 0) is 38.3 Å². The Balaban J connectivity index is 2.39. The van der Waals surface area contributed by atoms with E-state index in [1.807, 2.05) is 6.20 Å². The van der Waals surface area contributed by atoms with Crippen LogP contribution in [0, 0.1) is 11.3 Å². The summed E-state index contributed by atoms with van der Waals surface area (Å²) < 4.78 is 0. The van der Waals surface area contributed by atoms with Crippen molar-refractivity contribution in [2.75, 3.05) is 12.3 Å². The SMILES string of the molecule is CC(C)(C)N1CCc2c(cnc(N)c2C#N)C1. The third kappa shape index (κ3) is 2.11. The summed E-state index contributed by atoms with van der Waals surface area (Å²) in [7, 11) is 0. The zero-order chi connectivity index (χ0) is 12.6. The zero-order valence-corrected chi connectivity index (χ0v) is 10.6. The number of hydrogen-bond donors (Lipinski definition) is 1. The first-order valence-electron chi connectivity index (χ1n) is 5.85. The van der Waals surface area contributed by atoms with Crippen LogP contribution in [0.25, 0.3) is 0 Å². The first kappa shape index (κ1) is 11.9. The van der Waals surface area contributed by atoms with Crippen molar-refractivity contribution in [3.05, 3.63) is 22.9 Å². The molecular weight excluding hydrogens is 212 g/mol. The highest BCUT2D eigenvalue weighted by Gasteiger charge is 2.27. The largest absolute Gasteiger partial charge is 0.383 e. The lowest BCUT2D eigenvalue weighted by Gasteiger charge is -2.39. The van der Waals surface area contributed by atoms with Crippen molar-refractivity contribution >= 4 is 5.82 Å². The van der Waals surface area contributed by atoms with Crippen LogP contribution in [0.5, 0.6) is 0 Å². The molecule has 0 fully saturated rings. The number of nitrogen functional groups attached to an aromatic ring is 1. The third-order valence-electron chi connectivity index (χ3n) is 3.36. The Labute approximate surface area is 102 Å². The molecule has 0 amide bonds. The van der Waals surface area contributed by atoms with Crippen LogP contribution < -0.4 is 5.73 Å². The van der Waals surface area contributed by atoms with E-state index in [9.17, 15) is 0 Å². The van der Waals surface area contributed by atoms with Gasteiger partial charge in [0.05, 0.1) is 5.56 Å². The second-order valence-corrected chi connectivity index (χ2v) is 5.48. The smallest absolute Gasteiger partial charge is 0.141 e. The standard InChI is InChI=1S/C13H18N4/c1-13(2,3)17-5-4-10-9(8-17)7-16-12(15)11(10)6-14/h7H,4-5,8H2,1-3H3,(H2,15,16). The quantitative estimate of drug-likeness (QED) is 0.736. The van der Waals surface area contributed by atoms with Crippen LogP contribution in [0.2, 0.25) is 0 Å². The molecule has 4 nitrogen and oxygen atoms in total. The second-order valence-electron chi connectivity index (χ2n) is 5.48. The van der Waals surface area contributed by atoms with Gasteiger partial charge >= 0.3 is 0 Å². The van der Waals surface area contributed by atoms with Crippen molar-refractivity contribution in [3.63, 3.8) is 0 Å². The molecule has 1 aromatic heterocycles. The number of pyridine rings is 1. The van der Waals surface area contributed by atoms with Crippen molar-refractivity contribution in [1.29, 1.82) is 5.26 Å². The van der Waals surface area contributed by atoms with Gasteiger partial charge in [0.25, 0.3) is 0 Å². The maximum atomic E-state index is 9.12. The average Bonchev–Trinajstić information content (AvgIpc) is 2.27. The van der Waals surface area contributed by atoms with E-state index >= 15 is 0 Å². The molecule has 2 rings (SSSR count). The van der Waals surface area contributed by atoms with E-state index in [0.29, 0.717) is 11.4 Å². The molecule has 0 bridgehead atoms. The summed E-state index contributed by atoms with van der Waals surface area (Å²) in [5.41, 5.74) is 8.66. The van der Waals surface area contributed by atoms with Gasteiger partial charge in [-0.25, -0.2) is 4.98 Å². The lowest BCUT2D eigenvalue weighted by Crippen LogP contribution is -2.44. The van der Waals surface area contributed by atoms with E-state index in [1.165, 1.54) is 0 Å². The first-order chi connectivity index (χ1) is 7.93. The number of nitrogens with two attached hydrogens (primary N) is 1. The highest BCUT2D eigenvalue weighted by molar-refractivity contribution is 5.55. The van der Waals surface area contributed by atoms with E-state index in [1.54, 1.807) is 0 Å². The maximum Gasteiger partial charge on any atom is 0.141 e. The molecular formula is C13H18N4. The molecule has 0 unspecified atom stereocenters. The van der Waals surface area contributed by atoms with E-state index < -0.39 is 0 Å². The molecule has 2 N–H and O–H groups in total. The normalized spacial score (nSPS) is 16.4. The van der Waals surface area contributed by atoms with Crippen LogP contribution in [-0.2, 0) is 13.0 Å². The molecule has 90 valence electrons. The molecule has 0 aromatic carbocycles. The van der Waals surface area contributed by atoms with Gasteiger partial charge in [-0.1, -0.05) is 0 Å². The van der Waals surface area contributed by atoms with Crippen LogP contribution in [0.1, 0.15) is 37.5 Å². The number of rotatable bonds is 0. The van der Waals surface area contributed by atoms with E-state index in [4.69, 9.17) is 11.0 Å².